The Hall–Kier alpha value is -0.640. The van der Waals surface area contributed by atoms with Crippen molar-refractivity contribution in [3.8, 4) is 0 Å². The average Bonchev–Trinajstić information content (AvgIpc) is 2.94. The third-order valence-corrected chi connectivity index (χ3v) is 5.30. The maximum atomic E-state index is 3.67. The first kappa shape index (κ1) is 15.7. The van der Waals surface area contributed by atoms with Crippen LogP contribution in [0.4, 0.5) is 0 Å². The van der Waals surface area contributed by atoms with Crippen LogP contribution in [0.1, 0.15) is 31.2 Å². The molecule has 1 nitrogen and oxygen atoms in total. The predicted molar refractivity (Wildman–Crippen MR) is 92.7 cm³/mol. The molecule has 0 aliphatic carbocycles. The lowest BCUT2D eigenvalue weighted by Gasteiger charge is -2.26. The molecule has 0 bridgehead atoms. The molecule has 108 valence electrons. The van der Waals surface area contributed by atoms with E-state index in [1.165, 1.54) is 10.4 Å². The fraction of sp³-hybridized carbons (Fsp3) is 0.412. The van der Waals surface area contributed by atoms with Gasteiger partial charge in [0.1, 0.15) is 0 Å². The summed E-state index contributed by atoms with van der Waals surface area (Å²) in [5.41, 5.74) is 1.57. The van der Waals surface area contributed by atoms with Crippen LogP contribution in [0.3, 0.4) is 0 Å². The van der Waals surface area contributed by atoms with Crippen LogP contribution in [-0.4, -0.2) is 12.6 Å². The summed E-state index contributed by atoms with van der Waals surface area (Å²) in [6.45, 7) is 7.87. The van der Waals surface area contributed by atoms with Crippen LogP contribution in [0.15, 0.2) is 46.3 Å². The van der Waals surface area contributed by atoms with Gasteiger partial charge in [-0.05, 0) is 42.5 Å². The Balaban J connectivity index is 1.86. The quantitative estimate of drug-likeness (QED) is 0.771. The Labute approximate surface area is 134 Å². The van der Waals surface area contributed by atoms with E-state index in [4.69, 9.17) is 0 Å². The van der Waals surface area contributed by atoms with Crippen molar-refractivity contribution in [2.45, 2.75) is 38.6 Å². The highest BCUT2D eigenvalue weighted by Gasteiger charge is 2.22. The molecule has 1 aromatic carbocycles. The molecule has 2 aromatic rings. The number of halogens is 1. The van der Waals surface area contributed by atoms with Crippen molar-refractivity contribution < 1.29 is 0 Å². The van der Waals surface area contributed by atoms with Gasteiger partial charge in [-0.15, -0.1) is 11.3 Å². The van der Waals surface area contributed by atoms with Crippen LogP contribution in [0.5, 0.6) is 0 Å². The van der Waals surface area contributed by atoms with E-state index in [0.29, 0.717) is 6.04 Å². The highest BCUT2D eigenvalue weighted by Crippen LogP contribution is 2.26. The number of benzene rings is 1. The molecule has 0 spiro atoms. The Bertz CT molecular complexity index is 516. The molecule has 1 unspecified atom stereocenters. The second-order valence-corrected chi connectivity index (χ2v) is 7.84. The SMILES string of the molecule is CC(Cc1ccc(Br)cc1)NCC(C)(C)c1cccs1. The van der Waals surface area contributed by atoms with Gasteiger partial charge in [-0.1, -0.05) is 48.0 Å². The van der Waals surface area contributed by atoms with Crippen molar-refractivity contribution in [2.24, 2.45) is 0 Å². The van der Waals surface area contributed by atoms with Gasteiger partial charge in [0, 0.05) is 27.4 Å². The summed E-state index contributed by atoms with van der Waals surface area (Å²) in [4.78, 5) is 1.45. The Kier molecular flexibility index (Phi) is 5.42. The minimum atomic E-state index is 0.197. The molecule has 20 heavy (non-hydrogen) atoms. The zero-order valence-corrected chi connectivity index (χ0v) is 14.7. The molecule has 0 aliphatic rings. The van der Waals surface area contributed by atoms with Gasteiger partial charge in [0.25, 0.3) is 0 Å². The van der Waals surface area contributed by atoms with E-state index in [2.05, 4.69) is 83.8 Å². The van der Waals surface area contributed by atoms with E-state index in [9.17, 15) is 0 Å². The zero-order valence-electron chi connectivity index (χ0n) is 12.3. The Morgan fingerprint density at radius 1 is 1.20 bits per heavy atom. The average molecular weight is 352 g/mol. The van der Waals surface area contributed by atoms with Crippen LogP contribution >= 0.6 is 27.3 Å². The van der Waals surface area contributed by atoms with Crippen LogP contribution in [0.25, 0.3) is 0 Å². The van der Waals surface area contributed by atoms with Crippen molar-refractivity contribution in [3.05, 3.63) is 56.7 Å². The molecule has 0 saturated carbocycles. The monoisotopic (exact) mass is 351 g/mol. The molecular weight excluding hydrogens is 330 g/mol. The summed E-state index contributed by atoms with van der Waals surface area (Å²) in [5, 5.41) is 5.82. The van der Waals surface area contributed by atoms with Crippen LogP contribution < -0.4 is 5.32 Å². The number of hydrogen-bond donors (Lipinski definition) is 1. The Morgan fingerprint density at radius 2 is 1.90 bits per heavy atom. The largest absolute Gasteiger partial charge is 0.313 e. The van der Waals surface area contributed by atoms with Crippen LogP contribution in [-0.2, 0) is 11.8 Å². The van der Waals surface area contributed by atoms with Crippen molar-refractivity contribution in [1.82, 2.24) is 5.32 Å². The van der Waals surface area contributed by atoms with E-state index in [1.54, 1.807) is 0 Å². The van der Waals surface area contributed by atoms with Gasteiger partial charge in [0.05, 0.1) is 0 Å². The van der Waals surface area contributed by atoms with E-state index < -0.39 is 0 Å². The molecule has 1 atom stereocenters. The lowest BCUT2D eigenvalue weighted by atomic mass is 9.91. The summed E-state index contributed by atoms with van der Waals surface area (Å²) in [5.74, 6) is 0. The smallest absolute Gasteiger partial charge is 0.0175 e. The summed E-state index contributed by atoms with van der Waals surface area (Å²) >= 11 is 5.32. The van der Waals surface area contributed by atoms with Crippen molar-refractivity contribution in [3.63, 3.8) is 0 Å². The number of rotatable bonds is 6. The molecule has 0 saturated heterocycles. The highest BCUT2D eigenvalue weighted by atomic mass is 79.9. The van der Waals surface area contributed by atoms with Crippen LogP contribution in [0, 0.1) is 0 Å². The number of hydrogen-bond acceptors (Lipinski definition) is 2. The first-order chi connectivity index (χ1) is 9.47. The maximum Gasteiger partial charge on any atom is 0.0175 e. The molecule has 0 aliphatic heterocycles. The first-order valence-corrected chi connectivity index (χ1v) is 8.66. The predicted octanol–water partition coefficient (Wildman–Crippen LogP) is 5.01. The van der Waals surface area contributed by atoms with Gasteiger partial charge in [-0.3, -0.25) is 0 Å². The van der Waals surface area contributed by atoms with E-state index in [0.717, 1.165) is 17.4 Å². The molecule has 2 rings (SSSR count). The topological polar surface area (TPSA) is 12.0 Å². The van der Waals surface area contributed by atoms with Crippen LogP contribution in [0.2, 0.25) is 0 Å². The molecule has 0 radical (unpaired) electrons. The molecular formula is C17H22BrNS. The molecule has 1 N–H and O–H groups in total. The van der Waals surface area contributed by atoms with Gasteiger partial charge in [0.2, 0.25) is 0 Å². The fourth-order valence-corrected chi connectivity index (χ4v) is 3.34. The van der Waals surface area contributed by atoms with E-state index in [-0.39, 0.29) is 5.41 Å². The standard InChI is InChI=1S/C17H22BrNS/c1-13(11-14-6-8-15(18)9-7-14)19-12-17(2,3)16-5-4-10-20-16/h4-10,13,19H,11-12H2,1-3H3. The second-order valence-electron chi connectivity index (χ2n) is 5.97. The summed E-state index contributed by atoms with van der Waals surface area (Å²) in [7, 11) is 0. The highest BCUT2D eigenvalue weighted by molar-refractivity contribution is 9.10. The summed E-state index contributed by atoms with van der Waals surface area (Å²) in [6, 6.07) is 13.4. The van der Waals surface area contributed by atoms with Crippen molar-refractivity contribution >= 4 is 27.3 Å². The third-order valence-electron chi connectivity index (χ3n) is 3.54. The van der Waals surface area contributed by atoms with Crippen molar-refractivity contribution in [2.75, 3.05) is 6.54 Å². The van der Waals surface area contributed by atoms with E-state index >= 15 is 0 Å². The Morgan fingerprint density at radius 3 is 2.50 bits per heavy atom. The fourth-order valence-electron chi connectivity index (χ4n) is 2.23. The molecule has 0 fully saturated rings. The normalized spacial score (nSPS) is 13.4. The molecule has 1 aromatic heterocycles. The van der Waals surface area contributed by atoms with Gasteiger partial charge < -0.3 is 5.32 Å². The molecule has 3 heteroatoms. The zero-order chi connectivity index (χ0) is 14.6. The minimum Gasteiger partial charge on any atom is -0.313 e. The number of thiophene rings is 1. The maximum absolute atomic E-state index is 3.67. The van der Waals surface area contributed by atoms with Gasteiger partial charge in [0.15, 0.2) is 0 Å². The van der Waals surface area contributed by atoms with Gasteiger partial charge >= 0.3 is 0 Å². The summed E-state index contributed by atoms with van der Waals surface area (Å²) in [6.07, 6.45) is 1.06. The second kappa shape index (κ2) is 6.88. The summed E-state index contributed by atoms with van der Waals surface area (Å²) < 4.78 is 1.14. The molecule has 0 amide bonds. The molecule has 1 heterocycles. The van der Waals surface area contributed by atoms with Gasteiger partial charge in [-0.25, -0.2) is 0 Å². The van der Waals surface area contributed by atoms with E-state index in [1.807, 2.05) is 11.3 Å². The van der Waals surface area contributed by atoms with Gasteiger partial charge in [-0.2, -0.15) is 0 Å². The minimum absolute atomic E-state index is 0.197. The lowest BCUT2D eigenvalue weighted by Crippen LogP contribution is -2.38. The number of nitrogens with one attached hydrogen (secondary N) is 1. The third kappa shape index (κ3) is 4.44. The lowest BCUT2D eigenvalue weighted by molar-refractivity contribution is 0.433. The first-order valence-electron chi connectivity index (χ1n) is 6.99. The van der Waals surface area contributed by atoms with Crippen molar-refractivity contribution in [1.29, 1.82) is 0 Å².